The highest BCUT2D eigenvalue weighted by atomic mass is 19.3. The van der Waals surface area contributed by atoms with E-state index in [1.807, 2.05) is 0 Å². The molecule has 0 aliphatic rings. The van der Waals surface area contributed by atoms with Gasteiger partial charge in [-0.15, -0.1) is 0 Å². The number of amides is 2. The van der Waals surface area contributed by atoms with Gasteiger partial charge >= 0.3 is 0 Å². The van der Waals surface area contributed by atoms with Crippen LogP contribution in [-0.4, -0.2) is 26.6 Å². The summed E-state index contributed by atoms with van der Waals surface area (Å²) < 4.78 is 40.7. The van der Waals surface area contributed by atoms with Gasteiger partial charge in [0.1, 0.15) is 17.9 Å². The van der Waals surface area contributed by atoms with Crippen LogP contribution in [0.5, 0.6) is 0 Å². The Morgan fingerprint density at radius 2 is 1.93 bits per heavy atom. The molecule has 2 heterocycles. The summed E-state index contributed by atoms with van der Waals surface area (Å²) in [6, 6.07) is 5.02. The molecule has 7 nitrogen and oxygen atoms in total. The molecule has 0 aliphatic heterocycles. The number of rotatable bonds is 4. The number of alkyl halides is 2. The van der Waals surface area contributed by atoms with Gasteiger partial charge in [-0.25, -0.2) is 13.2 Å². The molecule has 27 heavy (non-hydrogen) atoms. The van der Waals surface area contributed by atoms with Crippen LogP contribution in [0.4, 0.5) is 13.2 Å². The van der Waals surface area contributed by atoms with Gasteiger partial charge in [0, 0.05) is 18.7 Å². The third-order valence-corrected chi connectivity index (χ3v) is 3.73. The molecule has 3 rings (SSSR count). The maximum atomic E-state index is 13.5. The van der Waals surface area contributed by atoms with E-state index >= 15 is 0 Å². The average molecular weight is 377 g/mol. The number of nitrogens with one attached hydrogen (secondary N) is 2. The molecule has 0 saturated carbocycles. The quantitative estimate of drug-likeness (QED) is 0.683. The number of carbonyl (C=O) groups excluding carboxylic acids is 2. The first-order valence-corrected chi connectivity index (χ1v) is 7.80. The van der Waals surface area contributed by atoms with Gasteiger partial charge < -0.3 is 0 Å². The summed E-state index contributed by atoms with van der Waals surface area (Å²) in [5.41, 5.74) is 5.47. The Kier molecular flexibility index (Phi) is 5.06. The second-order valence-corrected chi connectivity index (χ2v) is 5.70. The number of pyridine rings is 1. The molecule has 2 N–H and O–H groups in total. The number of carbonyl (C=O) groups is 2. The molecule has 1 aromatic carbocycles. The van der Waals surface area contributed by atoms with Crippen molar-refractivity contribution in [1.82, 2.24) is 25.6 Å². The number of aromatic nitrogens is 3. The number of hydrogen-bond acceptors (Lipinski definition) is 4. The molecule has 0 bridgehead atoms. The van der Waals surface area contributed by atoms with Gasteiger partial charge in [-0.1, -0.05) is 6.07 Å². The minimum atomic E-state index is -2.94. The summed E-state index contributed by atoms with van der Waals surface area (Å²) in [6.45, 7) is 1.05. The smallest absolute Gasteiger partial charge is 0.266 e. The Labute approximate surface area is 151 Å². The summed E-state index contributed by atoms with van der Waals surface area (Å²) in [5.74, 6) is -1.92. The molecule has 0 unspecified atom stereocenters. The Balaban J connectivity index is 1.92. The standard InChI is InChI=1S/C17H14F3N5O2/c1-9(26)23-24-16(27)8-25-15-5-11(6-21-14(15)7-22-25)10-2-3-13(18)12(4-10)17(19)20/h2-7,17H,8H2,1H3,(H,23,26)(H,24,27). The van der Waals surface area contributed by atoms with Gasteiger partial charge in [-0.3, -0.25) is 30.1 Å². The molecule has 0 radical (unpaired) electrons. The van der Waals surface area contributed by atoms with Gasteiger partial charge in [-0.05, 0) is 23.8 Å². The normalized spacial score (nSPS) is 11.0. The number of halogens is 3. The Hall–Kier alpha value is -3.43. The Bertz CT molecular complexity index is 1020. The van der Waals surface area contributed by atoms with Crippen LogP contribution in [0.25, 0.3) is 22.2 Å². The van der Waals surface area contributed by atoms with Crippen LogP contribution in [0.15, 0.2) is 36.7 Å². The molecular formula is C17H14F3N5O2. The van der Waals surface area contributed by atoms with E-state index in [9.17, 15) is 22.8 Å². The lowest BCUT2D eigenvalue weighted by molar-refractivity contribution is -0.128. The van der Waals surface area contributed by atoms with Crippen molar-refractivity contribution in [3.63, 3.8) is 0 Å². The third-order valence-electron chi connectivity index (χ3n) is 3.73. The second-order valence-electron chi connectivity index (χ2n) is 5.70. The van der Waals surface area contributed by atoms with Crippen molar-refractivity contribution < 1.29 is 22.8 Å². The van der Waals surface area contributed by atoms with Crippen LogP contribution in [0, 0.1) is 5.82 Å². The van der Waals surface area contributed by atoms with Crippen LogP contribution in [0.3, 0.4) is 0 Å². The predicted molar refractivity (Wildman–Crippen MR) is 89.8 cm³/mol. The van der Waals surface area contributed by atoms with Crippen molar-refractivity contribution in [1.29, 1.82) is 0 Å². The first-order chi connectivity index (χ1) is 12.8. The third kappa shape index (κ3) is 4.05. The van der Waals surface area contributed by atoms with E-state index in [0.29, 0.717) is 22.2 Å². The molecule has 2 amide bonds. The first-order valence-electron chi connectivity index (χ1n) is 7.80. The van der Waals surface area contributed by atoms with Crippen LogP contribution in [0.2, 0.25) is 0 Å². The van der Waals surface area contributed by atoms with E-state index in [4.69, 9.17) is 0 Å². The number of hydrazine groups is 1. The molecule has 0 aliphatic carbocycles. The van der Waals surface area contributed by atoms with Crippen molar-refractivity contribution in [2.75, 3.05) is 0 Å². The SMILES string of the molecule is CC(=O)NNC(=O)Cn1ncc2ncc(-c3ccc(F)c(C(F)F)c3)cc21. The molecule has 10 heteroatoms. The van der Waals surface area contributed by atoms with Gasteiger partial charge in [-0.2, -0.15) is 5.10 Å². The highest BCUT2D eigenvalue weighted by Crippen LogP contribution is 2.29. The average Bonchev–Trinajstić information content (AvgIpc) is 3.02. The van der Waals surface area contributed by atoms with Crippen LogP contribution in [0.1, 0.15) is 18.9 Å². The molecular weight excluding hydrogens is 363 g/mol. The minimum Gasteiger partial charge on any atom is -0.274 e. The number of hydrogen-bond donors (Lipinski definition) is 2. The summed E-state index contributed by atoms with van der Waals surface area (Å²) in [4.78, 5) is 26.9. The zero-order valence-corrected chi connectivity index (χ0v) is 14.0. The van der Waals surface area contributed by atoms with E-state index in [1.165, 1.54) is 30.1 Å². The van der Waals surface area contributed by atoms with Crippen LogP contribution in [-0.2, 0) is 16.1 Å². The van der Waals surface area contributed by atoms with Crippen molar-refractivity contribution >= 4 is 22.8 Å². The first kappa shape index (κ1) is 18.4. The Morgan fingerprint density at radius 3 is 2.63 bits per heavy atom. The van der Waals surface area contributed by atoms with Crippen LogP contribution < -0.4 is 10.9 Å². The largest absolute Gasteiger partial charge is 0.274 e. The summed E-state index contributed by atoms with van der Waals surface area (Å²) in [5, 5.41) is 4.06. The zero-order valence-electron chi connectivity index (χ0n) is 14.0. The number of benzene rings is 1. The fraction of sp³-hybridized carbons (Fsp3) is 0.176. The molecule has 0 fully saturated rings. The van der Waals surface area contributed by atoms with E-state index in [2.05, 4.69) is 20.9 Å². The van der Waals surface area contributed by atoms with E-state index in [-0.39, 0.29) is 6.54 Å². The molecule has 0 saturated heterocycles. The van der Waals surface area contributed by atoms with Gasteiger partial charge in [0.05, 0.1) is 17.3 Å². The summed E-state index contributed by atoms with van der Waals surface area (Å²) in [7, 11) is 0. The van der Waals surface area contributed by atoms with E-state index in [0.717, 1.165) is 12.1 Å². The maximum Gasteiger partial charge on any atom is 0.266 e. The molecule has 2 aromatic heterocycles. The molecule has 0 spiro atoms. The van der Waals surface area contributed by atoms with Crippen molar-refractivity contribution in [3.8, 4) is 11.1 Å². The number of nitrogens with zero attached hydrogens (tertiary/aromatic N) is 3. The highest BCUT2D eigenvalue weighted by molar-refractivity contribution is 5.84. The highest BCUT2D eigenvalue weighted by Gasteiger charge is 2.15. The molecule has 3 aromatic rings. The lowest BCUT2D eigenvalue weighted by atomic mass is 10.0. The Morgan fingerprint density at radius 1 is 1.15 bits per heavy atom. The predicted octanol–water partition coefficient (Wildman–Crippen LogP) is 2.34. The minimum absolute atomic E-state index is 0.194. The fourth-order valence-corrected chi connectivity index (χ4v) is 2.46. The molecule has 140 valence electrons. The van der Waals surface area contributed by atoms with E-state index in [1.54, 1.807) is 6.07 Å². The molecule has 0 atom stereocenters. The number of fused-ring (bicyclic) bond motifs is 1. The van der Waals surface area contributed by atoms with Crippen LogP contribution >= 0.6 is 0 Å². The lowest BCUT2D eigenvalue weighted by Gasteiger charge is -2.08. The lowest BCUT2D eigenvalue weighted by Crippen LogP contribution is -2.42. The zero-order chi connectivity index (χ0) is 19.6. The topological polar surface area (TPSA) is 88.9 Å². The van der Waals surface area contributed by atoms with Crippen molar-refractivity contribution in [2.24, 2.45) is 0 Å². The second kappa shape index (κ2) is 7.44. The van der Waals surface area contributed by atoms with Crippen molar-refractivity contribution in [3.05, 3.63) is 48.0 Å². The maximum absolute atomic E-state index is 13.5. The van der Waals surface area contributed by atoms with Crippen molar-refractivity contribution in [2.45, 2.75) is 19.9 Å². The van der Waals surface area contributed by atoms with Gasteiger partial charge in [0.15, 0.2) is 0 Å². The summed E-state index contributed by atoms with van der Waals surface area (Å²) >= 11 is 0. The van der Waals surface area contributed by atoms with Gasteiger partial charge in [0.2, 0.25) is 5.91 Å². The van der Waals surface area contributed by atoms with E-state index < -0.39 is 29.6 Å². The fourth-order valence-electron chi connectivity index (χ4n) is 2.46. The monoisotopic (exact) mass is 377 g/mol. The summed E-state index contributed by atoms with van der Waals surface area (Å²) in [6.07, 6.45) is -0.0431. The van der Waals surface area contributed by atoms with Gasteiger partial charge in [0.25, 0.3) is 12.3 Å².